The minimum absolute atomic E-state index is 0.410. The standard InChI is InChI=1S/C37H73ClO/c1-3-5-7-9-11-13-15-17-18-19-21-22-24-26-28-30-32-36(35-38)34-37(39)33-31-29-27-25-23-20-16-14-12-10-8-6-4-2/h36H,3-35H2,1-2H3. The fraction of sp³-hybridized carbons (Fsp3) is 0.973. The van der Waals surface area contributed by atoms with Crippen LogP contribution in [-0.4, -0.2) is 11.7 Å². The second kappa shape index (κ2) is 34.2. The summed E-state index contributed by atoms with van der Waals surface area (Å²) in [5.74, 6) is 1.52. The van der Waals surface area contributed by atoms with E-state index in [1.165, 1.54) is 180 Å². The summed E-state index contributed by atoms with van der Waals surface area (Å²) in [6.45, 7) is 4.58. The maximum Gasteiger partial charge on any atom is 0.133 e. The molecule has 1 nitrogen and oxygen atoms in total. The molecular formula is C37H73ClO. The van der Waals surface area contributed by atoms with Crippen LogP contribution in [0, 0.1) is 5.92 Å². The van der Waals surface area contributed by atoms with Crippen molar-refractivity contribution in [3.8, 4) is 0 Å². The first kappa shape index (κ1) is 39.0. The van der Waals surface area contributed by atoms with Gasteiger partial charge in [-0.25, -0.2) is 0 Å². The lowest BCUT2D eigenvalue weighted by Gasteiger charge is -2.13. The average Bonchev–Trinajstić information content (AvgIpc) is 2.94. The van der Waals surface area contributed by atoms with Crippen molar-refractivity contribution in [3.05, 3.63) is 0 Å². The van der Waals surface area contributed by atoms with Crippen molar-refractivity contribution < 1.29 is 4.79 Å². The van der Waals surface area contributed by atoms with Crippen LogP contribution in [0.25, 0.3) is 0 Å². The molecule has 0 N–H and O–H groups in total. The van der Waals surface area contributed by atoms with E-state index in [1.54, 1.807) is 0 Å². The summed E-state index contributed by atoms with van der Waals surface area (Å²) in [6.07, 6.45) is 42.9. The van der Waals surface area contributed by atoms with E-state index in [0.29, 0.717) is 17.6 Å². The Labute approximate surface area is 252 Å². The topological polar surface area (TPSA) is 17.1 Å². The van der Waals surface area contributed by atoms with Crippen LogP contribution in [-0.2, 0) is 4.79 Å². The molecule has 1 unspecified atom stereocenters. The van der Waals surface area contributed by atoms with Crippen molar-refractivity contribution in [2.75, 3.05) is 5.88 Å². The molecule has 0 radical (unpaired) electrons. The van der Waals surface area contributed by atoms with Crippen molar-refractivity contribution in [1.29, 1.82) is 0 Å². The van der Waals surface area contributed by atoms with Gasteiger partial charge in [0.05, 0.1) is 0 Å². The molecule has 1 atom stereocenters. The van der Waals surface area contributed by atoms with E-state index >= 15 is 0 Å². The van der Waals surface area contributed by atoms with Gasteiger partial charge in [-0.05, 0) is 18.8 Å². The normalized spacial score (nSPS) is 12.3. The SMILES string of the molecule is CCCCCCCCCCCCCCCCCCC(CCl)CC(=O)CCCCCCCCCCCCCCC. The molecule has 0 spiro atoms. The Kier molecular flexibility index (Phi) is 34.1. The van der Waals surface area contributed by atoms with Crippen LogP contribution in [0.2, 0.25) is 0 Å². The second-order valence-electron chi connectivity index (χ2n) is 12.8. The van der Waals surface area contributed by atoms with Gasteiger partial charge in [0.25, 0.3) is 0 Å². The third-order valence-electron chi connectivity index (χ3n) is 8.76. The molecule has 0 fully saturated rings. The van der Waals surface area contributed by atoms with Crippen molar-refractivity contribution in [2.24, 2.45) is 5.92 Å². The van der Waals surface area contributed by atoms with E-state index in [2.05, 4.69) is 13.8 Å². The van der Waals surface area contributed by atoms with Crippen molar-refractivity contribution >= 4 is 17.4 Å². The van der Waals surface area contributed by atoms with Crippen LogP contribution in [0.3, 0.4) is 0 Å². The maximum absolute atomic E-state index is 12.4. The van der Waals surface area contributed by atoms with Gasteiger partial charge in [-0.3, -0.25) is 4.79 Å². The predicted molar refractivity (Wildman–Crippen MR) is 178 cm³/mol. The van der Waals surface area contributed by atoms with Crippen LogP contribution in [0.15, 0.2) is 0 Å². The summed E-state index contributed by atoms with van der Waals surface area (Å²) in [7, 11) is 0. The number of hydrogen-bond donors (Lipinski definition) is 0. The van der Waals surface area contributed by atoms with Crippen LogP contribution < -0.4 is 0 Å². The van der Waals surface area contributed by atoms with Gasteiger partial charge >= 0.3 is 0 Å². The molecule has 0 aliphatic rings. The van der Waals surface area contributed by atoms with Gasteiger partial charge in [0, 0.05) is 18.7 Å². The molecule has 39 heavy (non-hydrogen) atoms. The molecule has 0 heterocycles. The summed E-state index contributed by atoms with van der Waals surface area (Å²) in [5, 5.41) is 0. The number of carbonyl (C=O) groups excluding carboxylic acids is 1. The molecule has 2 heteroatoms. The Bertz CT molecular complexity index is 462. The molecule has 0 aromatic rings. The van der Waals surface area contributed by atoms with E-state index in [9.17, 15) is 4.79 Å². The molecule has 0 saturated heterocycles. The van der Waals surface area contributed by atoms with Gasteiger partial charge in [0.2, 0.25) is 0 Å². The van der Waals surface area contributed by atoms with Crippen molar-refractivity contribution in [2.45, 2.75) is 219 Å². The number of unbranched alkanes of at least 4 members (excludes halogenated alkanes) is 27. The molecule has 0 aromatic carbocycles. The number of carbonyl (C=O) groups is 1. The quantitative estimate of drug-likeness (QED) is 0.0557. The number of ketones is 1. The summed E-state index contributed by atoms with van der Waals surface area (Å²) in [4.78, 5) is 12.4. The number of rotatable bonds is 34. The summed E-state index contributed by atoms with van der Waals surface area (Å²) in [6, 6.07) is 0. The largest absolute Gasteiger partial charge is 0.300 e. The third kappa shape index (κ3) is 32.3. The Hall–Kier alpha value is -0.0400. The molecule has 0 aliphatic heterocycles. The zero-order valence-electron chi connectivity index (χ0n) is 27.2. The highest BCUT2D eigenvalue weighted by atomic mass is 35.5. The lowest BCUT2D eigenvalue weighted by atomic mass is 9.94. The fourth-order valence-electron chi connectivity index (χ4n) is 5.98. The average molecular weight is 569 g/mol. The molecule has 234 valence electrons. The van der Waals surface area contributed by atoms with Gasteiger partial charge < -0.3 is 0 Å². The first-order valence-electron chi connectivity index (χ1n) is 18.3. The molecule has 0 aliphatic carbocycles. The van der Waals surface area contributed by atoms with E-state index in [-0.39, 0.29) is 0 Å². The smallest absolute Gasteiger partial charge is 0.133 e. The summed E-state index contributed by atoms with van der Waals surface area (Å²) < 4.78 is 0. The first-order valence-corrected chi connectivity index (χ1v) is 18.9. The fourth-order valence-corrected chi connectivity index (χ4v) is 6.24. The summed E-state index contributed by atoms with van der Waals surface area (Å²) in [5.41, 5.74) is 0. The van der Waals surface area contributed by atoms with Gasteiger partial charge in [0.15, 0.2) is 0 Å². The van der Waals surface area contributed by atoms with Crippen molar-refractivity contribution in [3.63, 3.8) is 0 Å². The molecule has 0 amide bonds. The highest BCUT2D eigenvalue weighted by molar-refractivity contribution is 6.18. The van der Waals surface area contributed by atoms with Gasteiger partial charge in [0.1, 0.15) is 5.78 Å². The van der Waals surface area contributed by atoms with Crippen LogP contribution in [0.1, 0.15) is 219 Å². The van der Waals surface area contributed by atoms with Gasteiger partial charge in [-0.15, -0.1) is 11.6 Å². The minimum atomic E-state index is 0.410. The second-order valence-corrected chi connectivity index (χ2v) is 13.2. The zero-order chi connectivity index (χ0) is 28.5. The van der Waals surface area contributed by atoms with E-state index in [0.717, 1.165) is 25.7 Å². The monoisotopic (exact) mass is 569 g/mol. The Morgan fingerprint density at radius 2 is 0.718 bits per heavy atom. The molecule has 0 aromatic heterocycles. The van der Waals surface area contributed by atoms with E-state index in [1.807, 2.05) is 0 Å². The Morgan fingerprint density at radius 1 is 0.436 bits per heavy atom. The molecule has 0 rings (SSSR count). The van der Waals surface area contributed by atoms with Crippen molar-refractivity contribution in [1.82, 2.24) is 0 Å². The van der Waals surface area contributed by atoms with E-state index in [4.69, 9.17) is 11.6 Å². The lowest BCUT2D eigenvalue weighted by Crippen LogP contribution is -2.10. The van der Waals surface area contributed by atoms with E-state index < -0.39 is 0 Å². The number of hydrogen-bond acceptors (Lipinski definition) is 1. The first-order chi connectivity index (χ1) is 19.2. The third-order valence-corrected chi connectivity index (χ3v) is 9.20. The van der Waals surface area contributed by atoms with Crippen LogP contribution in [0.4, 0.5) is 0 Å². The summed E-state index contributed by atoms with van der Waals surface area (Å²) >= 11 is 6.22. The maximum atomic E-state index is 12.4. The Balaban J connectivity index is 3.39. The number of alkyl halides is 1. The van der Waals surface area contributed by atoms with Crippen LogP contribution >= 0.6 is 11.6 Å². The molecule has 0 saturated carbocycles. The van der Waals surface area contributed by atoms with Crippen LogP contribution in [0.5, 0.6) is 0 Å². The molecular weight excluding hydrogens is 496 g/mol. The Morgan fingerprint density at radius 3 is 1.03 bits per heavy atom. The highest BCUT2D eigenvalue weighted by Gasteiger charge is 2.12. The van der Waals surface area contributed by atoms with Gasteiger partial charge in [-0.2, -0.15) is 0 Å². The van der Waals surface area contributed by atoms with Gasteiger partial charge in [-0.1, -0.05) is 194 Å². The highest BCUT2D eigenvalue weighted by Crippen LogP contribution is 2.20. The molecule has 0 bridgehead atoms. The zero-order valence-corrected chi connectivity index (χ0v) is 28.0. The number of Topliss-reactive ketones (excluding diaryl/α,β-unsaturated/α-hetero) is 1. The predicted octanol–water partition coefficient (Wildman–Crippen LogP) is 13.9. The minimum Gasteiger partial charge on any atom is -0.300 e. The lowest BCUT2D eigenvalue weighted by molar-refractivity contribution is -0.120. The number of halogens is 1.